The number of nitrogens with one attached hydrogen (secondary N) is 1. The molecule has 0 radical (unpaired) electrons. The Morgan fingerprint density at radius 1 is 0.976 bits per heavy atom. The summed E-state index contributed by atoms with van der Waals surface area (Å²) in [5.41, 5.74) is 10.1. The van der Waals surface area contributed by atoms with Crippen LogP contribution >= 0.6 is 0 Å². The van der Waals surface area contributed by atoms with E-state index in [1.807, 2.05) is 19.1 Å². The van der Waals surface area contributed by atoms with E-state index < -0.39 is 11.9 Å². The maximum absolute atomic E-state index is 13.5. The van der Waals surface area contributed by atoms with Gasteiger partial charge in [0.2, 0.25) is 0 Å². The molecule has 1 aliphatic carbocycles. The van der Waals surface area contributed by atoms with Crippen LogP contribution in [0.2, 0.25) is 0 Å². The molecule has 1 saturated carbocycles. The van der Waals surface area contributed by atoms with E-state index in [0.29, 0.717) is 58.9 Å². The Morgan fingerprint density at radius 2 is 1.71 bits per heavy atom. The first kappa shape index (κ1) is 29.9. The van der Waals surface area contributed by atoms with Crippen LogP contribution in [0.25, 0.3) is 11.1 Å². The molecule has 1 aromatic carbocycles. The molecule has 0 aliphatic heterocycles. The summed E-state index contributed by atoms with van der Waals surface area (Å²) in [7, 11) is 0. The maximum atomic E-state index is 13.5. The Hall–Kier alpha value is -4.07. The van der Waals surface area contributed by atoms with E-state index in [2.05, 4.69) is 10.3 Å². The molecule has 3 aromatic rings. The van der Waals surface area contributed by atoms with E-state index in [0.717, 1.165) is 18.4 Å². The zero-order valence-corrected chi connectivity index (χ0v) is 24.1. The summed E-state index contributed by atoms with van der Waals surface area (Å²) in [6.07, 6.45) is 12.4. The third-order valence-electron chi connectivity index (χ3n) is 7.69. The molecule has 8 nitrogen and oxygen atoms in total. The number of hydrogen-bond acceptors (Lipinski definition) is 6. The molecule has 3 N–H and O–H groups in total. The van der Waals surface area contributed by atoms with Crippen molar-refractivity contribution in [3.63, 3.8) is 0 Å². The second kappa shape index (κ2) is 14.5. The van der Waals surface area contributed by atoms with Gasteiger partial charge >= 0.3 is 5.97 Å². The number of esters is 1. The van der Waals surface area contributed by atoms with Gasteiger partial charge < -0.3 is 15.8 Å². The molecule has 0 bridgehead atoms. The second-order valence-corrected chi connectivity index (χ2v) is 10.6. The summed E-state index contributed by atoms with van der Waals surface area (Å²) in [4.78, 5) is 48.2. The first-order valence-corrected chi connectivity index (χ1v) is 14.7. The van der Waals surface area contributed by atoms with Gasteiger partial charge in [0.15, 0.2) is 0 Å². The SMILES string of the molecule is CCCc1nc(CCC2CCCCC2)c(C(=O)OCC)c(-c2ccc(C(=O)NCc3cccnc3)cc2)c1C(N)=O. The molecule has 1 aliphatic rings. The molecule has 1 fully saturated rings. The van der Waals surface area contributed by atoms with Gasteiger partial charge in [0.1, 0.15) is 0 Å². The lowest BCUT2D eigenvalue weighted by Crippen LogP contribution is -2.23. The molecule has 0 spiro atoms. The molecule has 8 heteroatoms. The summed E-state index contributed by atoms with van der Waals surface area (Å²) in [6.45, 7) is 4.32. The summed E-state index contributed by atoms with van der Waals surface area (Å²) < 4.78 is 5.49. The van der Waals surface area contributed by atoms with E-state index in [4.69, 9.17) is 15.5 Å². The van der Waals surface area contributed by atoms with Gasteiger partial charge in [-0.05, 0) is 61.4 Å². The lowest BCUT2D eigenvalue weighted by Gasteiger charge is -2.23. The highest BCUT2D eigenvalue weighted by Crippen LogP contribution is 2.35. The number of hydrogen-bond donors (Lipinski definition) is 2. The average Bonchev–Trinajstić information content (AvgIpc) is 2.99. The van der Waals surface area contributed by atoms with Crippen molar-refractivity contribution in [2.45, 2.75) is 78.2 Å². The van der Waals surface area contributed by atoms with Gasteiger partial charge in [-0.25, -0.2) is 4.79 Å². The summed E-state index contributed by atoms with van der Waals surface area (Å²) in [5, 5.41) is 2.90. The highest BCUT2D eigenvalue weighted by Gasteiger charge is 2.29. The Morgan fingerprint density at radius 3 is 2.34 bits per heavy atom. The molecule has 41 heavy (non-hydrogen) atoms. The number of aromatic nitrogens is 2. The van der Waals surface area contributed by atoms with Gasteiger partial charge in [-0.3, -0.25) is 19.6 Å². The number of ether oxygens (including phenoxy) is 1. The number of carbonyl (C=O) groups is 3. The zero-order valence-electron chi connectivity index (χ0n) is 24.1. The monoisotopic (exact) mass is 556 g/mol. The highest BCUT2D eigenvalue weighted by molar-refractivity contribution is 6.08. The average molecular weight is 557 g/mol. The largest absolute Gasteiger partial charge is 0.462 e. The van der Waals surface area contributed by atoms with Gasteiger partial charge in [0.25, 0.3) is 11.8 Å². The standard InChI is InChI=1S/C33H40N4O4/c1-3-9-26-29(31(34)38)28(24-14-16-25(17-15-24)32(39)36-21-23-12-8-19-35-20-23)30(33(40)41-4-2)27(37-26)18-13-22-10-6-5-7-11-22/h8,12,14-17,19-20,22H,3-7,9-11,13,18,21H2,1-2H3,(H2,34,38)(H,36,39). The molecule has 2 aromatic heterocycles. The number of nitrogens with two attached hydrogens (primary N) is 1. The summed E-state index contributed by atoms with van der Waals surface area (Å²) >= 11 is 0. The van der Waals surface area contributed by atoms with Crippen LogP contribution in [0.4, 0.5) is 0 Å². The number of pyridine rings is 2. The molecule has 0 atom stereocenters. The van der Waals surface area contributed by atoms with E-state index in [9.17, 15) is 14.4 Å². The van der Waals surface area contributed by atoms with Crippen LogP contribution in [-0.2, 0) is 24.1 Å². The number of carbonyl (C=O) groups excluding carboxylic acids is 3. The fourth-order valence-corrected chi connectivity index (χ4v) is 5.66. The third kappa shape index (κ3) is 7.57. The number of benzene rings is 1. The Balaban J connectivity index is 1.74. The van der Waals surface area contributed by atoms with Crippen LogP contribution in [0.5, 0.6) is 0 Å². The van der Waals surface area contributed by atoms with E-state index in [1.54, 1.807) is 43.6 Å². The Labute approximate surface area is 242 Å². The molecule has 2 heterocycles. The van der Waals surface area contributed by atoms with E-state index in [-0.39, 0.29) is 18.1 Å². The van der Waals surface area contributed by atoms with Gasteiger partial charge in [-0.1, -0.05) is 63.6 Å². The van der Waals surface area contributed by atoms with Crippen LogP contribution in [0.3, 0.4) is 0 Å². The summed E-state index contributed by atoms with van der Waals surface area (Å²) in [5.74, 6) is -0.800. The molecule has 216 valence electrons. The Bertz CT molecular complexity index is 1350. The van der Waals surface area contributed by atoms with Crippen molar-refractivity contribution < 1.29 is 19.1 Å². The predicted molar refractivity (Wildman–Crippen MR) is 158 cm³/mol. The lowest BCUT2D eigenvalue weighted by molar-refractivity contribution is 0.0525. The first-order chi connectivity index (χ1) is 19.9. The Kier molecular flexibility index (Phi) is 10.6. The lowest BCUT2D eigenvalue weighted by atomic mass is 9.84. The zero-order chi connectivity index (χ0) is 29.2. The third-order valence-corrected chi connectivity index (χ3v) is 7.69. The van der Waals surface area contributed by atoms with Crippen LogP contribution < -0.4 is 11.1 Å². The molecule has 0 saturated heterocycles. The van der Waals surface area contributed by atoms with E-state index in [1.165, 1.54) is 32.1 Å². The minimum absolute atomic E-state index is 0.193. The molecular formula is C33H40N4O4. The fraction of sp³-hybridized carbons (Fsp3) is 0.424. The molecule has 2 amide bonds. The van der Waals surface area contributed by atoms with Crippen molar-refractivity contribution in [3.8, 4) is 11.1 Å². The summed E-state index contributed by atoms with van der Waals surface area (Å²) in [6, 6.07) is 10.6. The van der Waals surface area contributed by atoms with Crippen molar-refractivity contribution in [2.24, 2.45) is 11.7 Å². The number of amides is 2. The normalized spacial score (nSPS) is 13.5. The van der Waals surface area contributed by atoms with Crippen molar-refractivity contribution >= 4 is 17.8 Å². The van der Waals surface area contributed by atoms with E-state index >= 15 is 0 Å². The predicted octanol–water partition coefficient (Wildman–Crippen LogP) is 5.81. The highest BCUT2D eigenvalue weighted by atomic mass is 16.5. The van der Waals surface area contributed by atoms with Crippen LogP contribution in [0, 0.1) is 5.92 Å². The molecular weight excluding hydrogens is 516 g/mol. The van der Waals surface area contributed by atoms with Crippen LogP contribution in [0.15, 0.2) is 48.8 Å². The second-order valence-electron chi connectivity index (χ2n) is 10.6. The fourth-order valence-electron chi connectivity index (χ4n) is 5.66. The van der Waals surface area contributed by atoms with Crippen LogP contribution in [0.1, 0.15) is 107 Å². The van der Waals surface area contributed by atoms with Gasteiger partial charge in [0.05, 0.1) is 29.1 Å². The number of rotatable bonds is 12. The van der Waals surface area contributed by atoms with Gasteiger partial charge in [-0.15, -0.1) is 0 Å². The maximum Gasteiger partial charge on any atom is 0.340 e. The van der Waals surface area contributed by atoms with Crippen molar-refractivity contribution in [1.29, 1.82) is 0 Å². The smallest absolute Gasteiger partial charge is 0.340 e. The molecule has 0 unspecified atom stereocenters. The number of aryl methyl sites for hydroxylation is 2. The molecule has 4 rings (SSSR count). The minimum Gasteiger partial charge on any atom is -0.462 e. The topological polar surface area (TPSA) is 124 Å². The first-order valence-electron chi connectivity index (χ1n) is 14.7. The van der Waals surface area contributed by atoms with Crippen LogP contribution in [-0.4, -0.2) is 34.4 Å². The minimum atomic E-state index is -0.640. The van der Waals surface area contributed by atoms with Gasteiger partial charge in [-0.2, -0.15) is 0 Å². The van der Waals surface area contributed by atoms with Crippen molar-refractivity contribution in [1.82, 2.24) is 15.3 Å². The quantitative estimate of drug-likeness (QED) is 0.271. The van der Waals surface area contributed by atoms with Crippen molar-refractivity contribution in [2.75, 3.05) is 6.61 Å². The van der Waals surface area contributed by atoms with Crippen molar-refractivity contribution in [3.05, 3.63) is 82.4 Å². The number of primary amides is 1. The number of nitrogens with zero attached hydrogens (tertiary/aromatic N) is 2. The van der Waals surface area contributed by atoms with Gasteiger partial charge in [0, 0.05) is 30.1 Å².